The molecule has 0 fully saturated rings. The maximum atomic E-state index is 12.4. The van der Waals surface area contributed by atoms with Crippen LogP contribution in [0.2, 0.25) is 0 Å². The smallest absolute Gasteiger partial charge is 0.354 e. The third-order valence-electron chi connectivity index (χ3n) is 4.37. The lowest BCUT2D eigenvalue weighted by Gasteiger charge is -2.31. The highest BCUT2D eigenvalue weighted by molar-refractivity contribution is 14.0. The Kier molecular flexibility index (Phi) is 12.9. The van der Waals surface area contributed by atoms with Crippen molar-refractivity contribution in [3.63, 3.8) is 0 Å². The molecule has 0 saturated heterocycles. The summed E-state index contributed by atoms with van der Waals surface area (Å²) in [6.45, 7) is 4.89. The lowest BCUT2D eigenvalue weighted by Crippen LogP contribution is -2.47. The second kappa shape index (κ2) is 13.6. The first kappa shape index (κ1) is 27.4. The number of carbonyl (C=O) groups is 1. The molecule has 2 N–H and O–H groups in total. The van der Waals surface area contributed by atoms with Gasteiger partial charge in [0.25, 0.3) is 0 Å². The number of aliphatic imine (C=N–C) groups is 1. The van der Waals surface area contributed by atoms with Crippen molar-refractivity contribution in [2.75, 3.05) is 46.8 Å². The van der Waals surface area contributed by atoms with E-state index in [1.165, 1.54) is 0 Å². The Morgan fingerprint density at radius 1 is 1.14 bits per heavy atom. The third-order valence-corrected chi connectivity index (χ3v) is 4.37. The van der Waals surface area contributed by atoms with E-state index in [1.54, 1.807) is 7.05 Å². The molecule has 166 valence electrons. The van der Waals surface area contributed by atoms with Crippen molar-refractivity contribution in [3.8, 4) is 0 Å². The number of alkyl halides is 3. The molecule has 0 spiro atoms. The van der Waals surface area contributed by atoms with E-state index in [1.807, 2.05) is 18.2 Å². The van der Waals surface area contributed by atoms with E-state index < -0.39 is 18.6 Å². The Balaban J connectivity index is 0.00000784. The minimum absolute atomic E-state index is 0. The highest BCUT2D eigenvalue weighted by Crippen LogP contribution is 2.19. The van der Waals surface area contributed by atoms with Crippen molar-refractivity contribution in [3.05, 3.63) is 35.9 Å². The summed E-state index contributed by atoms with van der Waals surface area (Å²) in [6, 6.07) is 10.1. The number of likely N-dealkylation sites (N-methyl/N-ethyl adjacent to an activating group) is 2. The van der Waals surface area contributed by atoms with Gasteiger partial charge >= 0.3 is 6.18 Å². The van der Waals surface area contributed by atoms with Crippen LogP contribution >= 0.6 is 24.0 Å². The lowest BCUT2D eigenvalue weighted by molar-refractivity contribution is -0.157. The van der Waals surface area contributed by atoms with Crippen LogP contribution in [0.15, 0.2) is 35.3 Å². The van der Waals surface area contributed by atoms with E-state index in [0.717, 1.165) is 25.7 Å². The summed E-state index contributed by atoms with van der Waals surface area (Å²) in [7, 11) is 2.67. The molecule has 0 aliphatic rings. The summed E-state index contributed by atoms with van der Waals surface area (Å²) in [5.74, 6) is -0.300. The number of hydrogen-bond acceptors (Lipinski definition) is 3. The molecule has 29 heavy (non-hydrogen) atoms. The number of hydrogen-bond donors (Lipinski definition) is 2. The van der Waals surface area contributed by atoms with Crippen molar-refractivity contribution in [2.24, 2.45) is 4.99 Å². The largest absolute Gasteiger partial charge is 0.406 e. The van der Waals surface area contributed by atoms with Gasteiger partial charge in [-0.05, 0) is 18.7 Å². The van der Waals surface area contributed by atoms with Crippen LogP contribution in [0.4, 0.5) is 13.2 Å². The van der Waals surface area contributed by atoms with Crippen LogP contribution in [0.25, 0.3) is 0 Å². The fourth-order valence-electron chi connectivity index (χ4n) is 2.86. The number of halogens is 4. The number of nitrogens with one attached hydrogen (secondary N) is 2. The van der Waals surface area contributed by atoms with E-state index in [-0.39, 0.29) is 36.6 Å². The summed E-state index contributed by atoms with van der Waals surface area (Å²) in [6.07, 6.45) is -4.42. The Morgan fingerprint density at radius 2 is 1.72 bits per heavy atom. The monoisotopic (exact) mass is 529 g/mol. The molecule has 1 rings (SSSR count). The Morgan fingerprint density at radius 3 is 2.21 bits per heavy atom. The van der Waals surface area contributed by atoms with Gasteiger partial charge in [-0.3, -0.25) is 14.7 Å². The van der Waals surface area contributed by atoms with Crippen molar-refractivity contribution < 1.29 is 18.0 Å². The standard InChI is InChI=1S/C19H30F3N5O.HI/c1-5-27(6-2)16(15-10-8-7-9-11-15)12-24-18(23-3)25-13-17(28)26(4)14-19(20,21)22;/h7-11,16H,5-6,12-14H2,1-4H3,(H2,23,24,25);1H. The molecular formula is C19H31F3IN5O. The molecular weight excluding hydrogens is 498 g/mol. The Bertz CT molecular complexity index is 624. The van der Waals surface area contributed by atoms with Gasteiger partial charge in [0.05, 0.1) is 12.6 Å². The molecule has 0 aromatic heterocycles. The predicted octanol–water partition coefficient (Wildman–Crippen LogP) is 2.87. The molecule has 1 unspecified atom stereocenters. The molecule has 1 amide bonds. The zero-order chi connectivity index (χ0) is 21.2. The quantitative estimate of drug-likeness (QED) is 0.294. The molecule has 0 aliphatic carbocycles. The van der Waals surface area contributed by atoms with E-state index in [0.29, 0.717) is 17.4 Å². The highest BCUT2D eigenvalue weighted by Gasteiger charge is 2.31. The van der Waals surface area contributed by atoms with Gasteiger partial charge in [0.15, 0.2) is 5.96 Å². The molecule has 0 bridgehead atoms. The van der Waals surface area contributed by atoms with Crippen molar-refractivity contribution in [2.45, 2.75) is 26.1 Å². The van der Waals surface area contributed by atoms with Gasteiger partial charge in [-0.2, -0.15) is 13.2 Å². The summed E-state index contributed by atoms with van der Waals surface area (Å²) >= 11 is 0. The number of nitrogens with zero attached hydrogens (tertiary/aromatic N) is 3. The predicted molar refractivity (Wildman–Crippen MR) is 121 cm³/mol. The fourth-order valence-corrected chi connectivity index (χ4v) is 2.86. The SMILES string of the molecule is CCN(CC)C(CNC(=NC)NCC(=O)N(C)CC(F)(F)F)c1ccccc1.I. The first-order valence-electron chi connectivity index (χ1n) is 9.26. The highest BCUT2D eigenvalue weighted by atomic mass is 127. The second-order valence-electron chi connectivity index (χ2n) is 6.32. The first-order valence-corrected chi connectivity index (χ1v) is 9.26. The first-order chi connectivity index (χ1) is 13.2. The number of rotatable bonds is 9. The summed E-state index contributed by atoms with van der Waals surface area (Å²) in [4.78, 5) is 18.9. The van der Waals surface area contributed by atoms with Crippen molar-refractivity contribution >= 4 is 35.8 Å². The molecule has 0 aliphatic heterocycles. The minimum atomic E-state index is -4.42. The molecule has 0 radical (unpaired) electrons. The minimum Gasteiger partial charge on any atom is -0.354 e. The molecule has 0 heterocycles. The molecule has 1 atom stereocenters. The molecule has 10 heteroatoms. The second-order valence-corrected chi connectivity index (χ2v) is 6.32. The van der Waals surface area contributed by atoms with Gasteiger partial charge in [-0.25, -0.2) is 0 Å². The molecule has 0 saturated carbocycles. The number of benzene rings is 1. The number of guanidine groups is 1. The maximum Gasteiger partial charge on any atom is 0.406 e. The maximum absolute atomic E-state index is 12.4. The average Bonchev–Trinajstić information content (AvgIpc) is 2.66. The van der Waals surface area contributed by atoms with Gasteiger partial charge in [0, 0.05) is 20.6 Å². The van der Waals surface area contributed by atoms with Crippen LogP contribution in [0.3, 0.4) is 0 Å². The fraction of sp³-hybridized carbons (Fsp3) is 0.579. The van der Waals surface area contributed by atoms with Crippen LogP contribution in [0.1, 0.15) is 25.5 Å². The van der Waals surface area contributed by atoms with Gasteiger partial charge in [0.2, 0.25) is 5.91 Å². The number of amides is 1. The molecule has 1 aromatic carbocycles. The molecule has 1 aromatic rings. The average molecular weight is 529 g/mol. The normalized spacial score (nSPS) is 12.9. The topological polar surface area (TPSA) is 60.0 Å². The van der Waals surface area contributed by atoms with Crippen LogP contribution in [0, 0.1) is 0 Å². The molecule has 6 nitrogen and oxygen atoms in total. The van der Waals surface area contributed by atoms with Gasteiger partial charge in [0.1, 0.15) is 6.54 Å². The summed E-state index contributed by atoms with van der Waals surface area (Å²) < 4.78 is 37.2. The summed E-state index contributed by atoms with van der Waals surface area (Å²) in [5.41, 5.74) is 1.15. The summed E-state index contributed by atoms with van der Waals surface area (Å²) in [5, 5.41) is 5.94. The van der Waals surface area contributed by atoms with Gasteiger partial charge in [-0.1, -0.05) is 44.2 Å². The third kappa shape index (κ3) is 10.2. The van der Waals surface area contributed by atoms with Crippen LogP contribution in [-0.4, -0.2) is 74.7 Å². The van der Waals surface area contributed by atoms with Crippen LogP contribution < -0.4 is 10.6 Å². The van der Waals surface area contributed by atoms with Crippen LogP contribution in [-0.2, 0) is 4.79 Å². The van der Waals surface area contributed by atoms with Gasteiger partial charge < -0.3 is 15.5 Å². The zero-order valence-corrected chi connectivity index (χ0v) is 19.6. The Hall–Kier alpha value is -1.56. The van der Waals surface area contributed by atoms with E-state index in [9.17, 15) is 18.0 Å². The number of carbonyl (C=O) groups excluding carboxylic acids is 1. The zero-order valence-electron chi connectivity index (χ0n) is 17.3. The van der Waals surface area contributed by atoms with Gasteiger partial charge in [-0.15, -0.1) is 24.0 Å². The van der Waals surface area contributed by atoms with Crippen molar-refractivity contribution in [1.82, 2.24) is 20.4 Å². The van der Waals surface area contributed by atoms with E-state index in [2.05, 4.69) is 46.5 Å². The van der Waals surface area contributed by atoms with E-state index >= 15 is 0 Å². The Labute approximate surface area is 187 Å². The van der Waals surface area contributed by atoms with Crippen LogP contribution in [0.5, 0.6) is 0 Å². The van der Waals surface area contributed by atoms with E-state index in [4.69, 9.17) is 0 Å². The lowest BCUT2D eigenvalue weighted by atomic mass is 10.1. The van der Waals surface area contributed by atoms with Crippen molar-refractivity contribution in [1.29, 1.82) is 0 Å².